The van der Waals surface area contributed by atoms with E-state index in [1.54, 1.807) is 6.07 Å². The van der Waals surface area contributed by atoms with E-state index >= 15 is 0 Å². The molecular weight excluding hydrogens is 260 g/mol. The van der Waals surface area contributed by atoms with Gasteiger partial charge in [-0.15, -0.1) is 11.8 Å². The second kappa shape index (κ2) is 4.96. The highest BCUT2D eigenvalue weighted by molar-refractivity contribution is 8.00. The lowest BCUT2D eigenvalue weighted by molar-refractivity contribution is 0.394. The summed E-state index contributed by atoms with van der Waals surface area (Å²) in [6.45, 7) is 2.31. The van der Waals surface area contributed by atoms with Crippen LogP contribution in [0.15, 0.2) is 26.2 Å². The van der Waals surface area contributed by atoms with Crippen LogP contribution >= 0.6 is 11.8 Å². The van der Waals surface area contributed by atoms with Gasteiger partial charge in [-0.1, -0.05) is 19.8 Å². The van der Waals surface area contributed by atoms with Gasteiger partial charge < -0.3 is 10.2 Å². The number of benzene rings is 1. The fourth-order valence-electron chi connectivity index (χ4n) is 2.76. The minimum atomic E-state index is -0.428. The van der Waals surface area contributed by atoms with Gasteiger partial charge in [0.25, 0.3) is 0 Å². The Kier molecular flexibility index (Phi) is 3.31. The van der Waals surface area contributed by atoms with E-state index in [1.165, 1.54) is 25.7 Å². The molecule has 1 heterocycles. The minimum absolute atomic E-state index is 0.428. The fraction of sp³-hybridized carbons (Fsp3) is 0.500. The maximum atomic E-state index is 11.2. The number of aromatic amines is 1. The Morgan fingerprint density at radius 1 is 1.42 bits per heavy atom. The lowest BCUT2D eigenvalue weighted by atomic mass is 9.91. The smallest absolute Gasteiger partial charge is 0.408 e. The first kappa shape index (κ1) is 12.7. The Balaban J connectivity index is 1.87. The second-order valence-corrected chi connectivity index (χ2v) is 6.75. The van der Waals surface area contributed by atoms with Crippen LogP contribution in [0, 0.1) is 5.92 Å². The van der Waals surface area contributed by atoms with Crippen LogP contribution in [0.5, 0.6) is 0 Å². The number of aromatic nitrogens is 1. The summed E-state index contributed by atoms with van der Waals surface area (Å²) >= 11 is 1.83. The molecule has 3 rings (SSSR count). The zero-order chi connectivity index (χ0) is 13.4. The van der Waals surface area contributed by atoms with E-state index in [9.17, 15) is 4.79 Å². The van der Waals surface area contributed by atoms with Crippen molar-refractivity contribution in [2.24, 2.45) is 5.92 Å². The number of oxazole rings is 1. The molecule has 1 fully saturated rings. The maximum absolute atomic E-state index is 11.2. The topological polar surface area (TPSA) is 72.0 Å². The van der Waals surface area contributed by atoms with Crippen molar-refractivity contribution < 1.29 is 4.42 Å². The fourth-order valence-corrected chi connectivity index (χ4v) is 4.21. The van der Waals surface area contributed by atoms with Crippen LogP contribution < -0.4 is 11.5 Å². The van der Waals surface area contributed by atoms with Crippen LogP contribution in [-0.4, -0.2) is 10.2 Å². The van der Waals surface area contributed by atoms with Crippen molar-refractivity contribution in [3.05, 3.63) is 22.7 Å². The number of hydrogen-bond acceptors (Lipinski definition) is 4. The summed E-state index contributed by atoms with van der Waals surface area (Å²) in [4.78, 5) is 14.9. The summed E-state index contributed by atoms with van der Waals surface area (Å²) in [5.41, 5.74) is 8.00. The van der Waals surface area contributed by atoms with Crippen molar-refractivity contribution in [2.45, 2.75) is 42.8 Å². The average molecular weight is 278 g/mol. The molecule has 4 nitrogen and oxygen atoms in total. The number of nitrogens with one attached hydrogen (secondary N) is 1. The summed E-state index contributed by atoms with van der Waals surface area (Å²) in [5.74, 6) is 0.368. The molecule has 0 spiro atoms. The van der Waals surface area contributed by atoms with Gasteiger partial charge in [-0.2, -0.15) is 0 Å². The molecule has 2 atom stereocenters. The van der Waals surface area contributed by atoms with Gasteiger partial charge in [0, 0.05) is 21.9 Å². The number of fused-ring (bicyclic) bond motifs is 1. The molecule has 0 aliphatic heterocycles. The number of nitrogen functional groups attached to an aromatic ring is 1. The highest BCUT2D eigenvalue weighted by Gasteiger charge is 2.21. The Morgan fingerprint density at radius 2 is 2.26 bits per heavy atom. The molecule has 1 saturated carbocycles. The second-order valence-electron chi connectivity index (χ2n) is 5.41. The highest BCUT2D eigenvalue weighted by atomic mass is 32.2. The van der Waals surface area contributed by atoms with E-state index in [0.717, 1.165) is 16.3 Å². The number of hydrogen-bond donors (Lipinski definition) is 2. The molecule has 1 aliphatic rings. The first-order valence-corrected chi connectivity index (χ1v) is 7.59. The largest absolute Gasteiger partial charge is 0.417 e. The third-order valence-electron chi connectivity index (χ3n) is 3.73. The highest BCUT2D eigenvalue weighted by Crippen LogP contribution is 2.39. The molecule has 1 aliphatic carbocycles. The lowest BCUT2D eigenvalue weighted by Gasteiger charge is -2.26. The molecule has 0 amide bonds. The summed E-state index contributed by atoms with van der Waals surface area (Å²) in [6.07, 6.45) is 5.11. The molecule has 0 bridgehead atoms. The minimum Gasteiger partial charge on any atom is -0.408 e. The SMILES string of the molecule is CC1CCCC(Sc2cc3[nH]c(=O)oc3cc2N)C1. The van der Waals surface area contributed by atoms with Crippen LogP contribution in [0.1, 0.15) is 32.6 Å². The van der Waals surface area contributed by atoms with Crippen molar-refractivity contribution in [1.29, 1.82) is 0 Å². The van der Waals surface area contributed by atoms with E-state index in [-0.39, 0.29) is 0 Å². The normalized spacial score (nSPS) is 23.8. The summed E-state index contributed by atoms with van der Waals surface area (Å²) in [7, 11) is 0. The number of nitrogens with two attached hydrogens (primary N) is 1. The molecule has 102 valence electrons. The summed E-state index contributed by atoms with van der Waals surface area (Å²) in [5, 5.41) is 0.627. The van der Waals surface area contributed by atoms with Crippen LogP contribution in [0.25, 0.3) is 11.1 Å². The van der Waals surface area contributed by atoms with E-state index < -0.39 is 5.76 Å². The monoisotopic (exact) mass is 278 g/mol. The van der Waals surface area contributed by atoms with Crippen molar-refractivity contribution in [1.82, 2.24) is 4.98 Å². The molecule has 1 aromatic heterocycles. The Bertz CT molecular complexity index is 646. The molecule has 0 radical (unpaired) electrons. The Morgan fingerprint density at radius 3 is 3.05 bits per heavy atom. The molecule has 3 N–H and O–H groups in total. The van der Waals surface area contributed by atoms with E-state index in [1.807, 2.05) is 17.8 Å². The third kappa shape index (κ3) is 2.66. The Hall–Kier alpha value is -1.36. The van der Waals surface area contributed by atoms with Crippen LogP contribution in [-0.2, 0) is 0 Å². The molecular formula is C14H18N2O2S. The zero-order valence-electron chi connectivity index (χ0n) is 10.9. The van der Waals surface area contributed by atoms with Gasteiger partial charge in [0.05, 0.1) is 5.52 Å². The molecule has 2 unspecified atom stereocenters. The summed E-state index contributed by atoms with van der Waals surface area (Å²) in [6, 6.07) is 3.67. The maximum Gasteiger partial charge on any atom is 0.417 e. The van der Waals surface area contributed by atoms with E-state index in [0.29, 0.717) is 16.5 Å². The number of H-pyrrole nitrogens is 1. The number of thioether (sulfide) groups is 1. The Labute approximate surface area is 115 Å². The molecule has 19 heavy (non-hydrogen) atoms. The van der Waals surface area contributed by atoms with Gasteiger partial charge in [0.2, 0.25) is 0 Å². The van der Waals surface area contributed by atoms with Crippen molar-refractivity contribution >= 4 is 28.5 Å². The van der Waals surface area contributed by atoms with Crippen LogP contribution in [0.3, 0.4) is 0 Å². The van der Waals surface area contributed by atoms with Gasteiger partial charge >= 0.3 is 5.76 Å². The first-order valence-electron chi connectivity index (χ1n) is 6.71. The lowest BCUT2D eigenvalue weighted by Crippen LogP contribution is -2.15. The van der Waals surface area contributed by atoms with Gasteiger partial charge in [-0.3, -0.25) is 4.98 Å². The molecule has 5 heteroatoms. The molecule has 1 aromatic carbocycles. The van der Waals surface area contributed by atoms with Gasteiger partial charge in [0.1, 0.15) is 0 Å². The molecule has 2 aromatic rings. The number of anilines is 1. The summed E-state index contributed by atoms with van der Waals surface area (Å²) < 4.78 is 5.01. The number of rotatable bonds is 2. The van der Waals surface area contributed by atoms with E-state index in [4.69, 9.17) is 10.2 Å². The average Bonchev–Trinajstić information content (AvgIpc) is 2.69. The van der Waals surface area contributed by atoms with Crippen molar-refractivity contribution in [3.8, 4) is 0 Å². The van der Waals surface area contributed by atoms with Gasteiger partial charge in [0.15, 0.2) is 5.58 Å². The van der Waals surface area contributed by atoms with Crippen molar-refractivity contribution in [2.75, 3.05) is 5.73 Å². The van der Waals surface area contributed by atoms with Gasteiger partial charge in [-0.25, -0.2) is 4.79 Å². The van der Waals surface area contributed by atoms with Crippen LogP contribution in [0.2, 0.25) is 0 Å². The predicted molar refractivity (Wildman–Crippen MR) is 78.5 cm³/mol. The quantitative estimate of drug-likeness (QED) is 0.826. The zero-order valence-corrected chi connectivity index (χ0v) is 11.8. The third-order valence-corrected chi connectivity index (χ3v) is 5.10. The first-order chi connectivity index (χ1) is 9.11. The van der Waals surface area contributed by atoms with E-state index in [2.05, 4.69) is 11.9 Å². The van der Waals surface area contributed by atoms with Crippen LogP contribution in [0.4, 0.5) is 5.69 Å². The van der Waals surface area contributed by atoms with Crippen molar-refractivity contribution in [3.63, 3.8) is 0 Å². The molecule has 0 saturated heterocycles. The predicted octanol–water partition coefficient (Wildman–Crippen LogP) is 3.37. The standard InChI is InChI=1S/C14H18N2O2S/c1-8-3-2-4-9(5-8)19-13-7-11-12(6-10(13)15)18-14(17)16-11/h6-9H,2-5,15H2,1H3,(H,16,17). The van der Waals surface area contributed by atoms with Gasteiger partial charge in [-0.05, 0) is 24.8 Å².